The highest BCUT2D eigenvalue weighted by Crippen LogP contribution is 2.42. The third kappa shape index (κ3) is 4.72. The fourth-order valence-corrected chi connectivity index (χ4v) is 5.46. The molecule has 0 radical (unpaired) electrons. The molecule has 1 heterocycles. The molecule has 0 aliphatic heterocycles. The van der Waals surface area contributed by atoms with E-state index in [0.717, 1.165) is 60.7 Å². The number of H-pyrrole nitrogens is 1. The number of hydrogen-bond acceptors (Lipinski definition) is 3. The van der Waals surface area contributed by atoms with E-state index in [1.807, 2.05) is 12.1 Å². The summed E-state index contributed by atoms with van der Waals surface area (Å²) in [5.41, 5.74) is 4.23. The summed E-state index contributed by atoms with van der Waals surface area (Å²) < 4.78 is 49.4. The molecule has 1 fully saturated rings. The van der Waals surface area contributed by atoms with Crippen LogP contribution in [0, 0.1) is 0 Å². The molecule has 2 aliphatic carbocycles. The number of carboxylic acid groups (broad SMARTS) is 1. The molecule has 2 aromatic carbocycles. The largest absolute Gasteiger partial charge is 0.573 e. The zero-order valence-corrected chi connectivity index (χ0v) is 18.6. The fourth-order valence-electron chi connectivity index (χ4n) is 5.46. The van der Waals surface area contributed by atoms with Crippen molar-refractivity contribution in [1.82, 2.24) is 4.98 Å². The van der Waals surface area contributed by atoms with Crippen LogP contribution in [-0.4, -0.2) is 22.4 Å². The van der Waals surface area contributed by atoms with Gasteiger partial charge in [0.15, 0.2) is 0 Å². The SMILES string of the molecule is O=C(O)CC1CCc2c1[nH]c1ccc(OCc3ccc(C4CCCC4)c(OC(F)(F)F)c3)cc21. The molecule has 1 unspecified atom stereocenters. The topological polar surface area (TPSA) is 71.5 Å². The van der Waals surface area contributed by atoms with Gasteiger partial charge in [0.2, 0.25) is 0 Å². The van der Waals surface area contributed by atoms with E-state index >= 15 is 0 Å². The van der Waals surface area contributed by atoms with Crippen molar-refractivity contribution in [2.75, 3.05) is 0 Å². The highest BCUT2D eigenvalue weighted by molar-refractivity contribution is 5.87. The number of nitrogens with one attached hydrogen (secondary N) is 1. The van der Waals surface area contributed by atoms with Crippen molar-refractivity contribution in [1.29, 1.82) is 0 Å². The molecule has 0 saturated heterocycles. The molecule has 5 rings (SSSR count). The minimum Gasteiger partial charge on any atom is -0.489 e. The van der Waals surface area contributed by atoms with E-state index in [1.165, 1.54) is 6.07 Å². The maximum absolute atomic E-state index is 13.0. The maximum atomic E-state index is 13.0. The zero-order valence-electron chi connectivity index (χ0n) is 18.6. The lowest BCUT2D eigenvalue weighted by atomic mass is 9.95. The number of alkyl halides is 3. The Balaban J connectivity index is 1.35. The Bertz CT molecular complexity index is 1210. The molecule has 2 aliphatic rings. The van der Waals surface area contributed by atoms with E-state index < -0.39 is 12.3 Å². The first-order valence-electron chi connectivity index (χ1n) is 11.6. The smallest absolute Gasteiger partial charge is 0.489 e. The van der Waals surface area contributed by atoms with Gasteiger partial charge in [-0.25, -0.2) is 0 Å². The summed E-state index contributed by atoms with van der Waals surface area (Å²) in [6, 6.07) is 10.6. The van der Waals surface area contributed by atoms with E-state index in [9.17, 15) is 18.0 Å². The van der Waals surface area contributed by atoms with Gasteiger partial charge in [-0.2, -0.15) is 0 Å². The van der Waals surface area contributed by atoms with Crippen LogP contribution >= 0.6 is 0 Å². The standard InChI is InChI=1S/C26H26F3NO4/c27-26(28,29)34-23-11-15(5-8-19(23)16-3-1-2-4-16)14-33-18-7-10-22-21(13-18)20-9-6-17(12-24(31)32)25(20)30-22/h5,7-8,10-11,13,16-17,30H,1-4,6,9,12,14H2,(H,31,32). The first-order chi connectivity index (χ1) is 16.3. The number of rotatable bonds is 7. The van der Waals surface area contributed by atoms with Crippen molar-refractivity contribution in [3.63, 3.8) is 0 Å². The summed E-state index contributed by atoms with van der Waals surface area (Å²) in [5.74, 6) is -0.267. The molecule has 3 aromatic rings. The lowest BCUT2D eigenvalue weighted by Crippen LogP contribution is -2.19. The molecule has 180 valence electrons. The average molecular weight is 473 g/mol. The molecule has 0 bridgehead atoms. The van der Waals surface area contributed by atoms with Crippen molar-refractivity contribution in [3.8, 4) is 11.5 Å². The molecule has 0 amide bonds. The second-order valence-electron chi connectivity index (χ2n) is 9.25. The molecule has 5 nitrogen and oxygen atoms in total. The number of benzene rings is 2. The van der Waals surface area contributed by atoms with Gasteiger partial charge in [-0.05, 0) is 72.6 Å². The van der Waals surface area contributed by atoms with Gasteiger partial charge in [0.1, 0.15) is 18.1 Å². The predicted molar refractivity (Wildman–Crippen MR) is 120 cm³/mol. The first kappa shape index (κ1) is 22.6. The quantitative estimate of drug-likeness (QED) is 0.396. The zero-order chi connectivity index (χ0) is 23.9. The molecule has 1 saturated carbocycles. The number of aryl methyl sites for hydroxylation is 1. The Hall–Kier alpha value is -3.16. The van der Waals surface area contributed by atoms with Gasteiger partial charge >= 0.3 is 12.3 Å². The van der Waals surface area contributed by atoms with Crippen molar-refractivity contribution in [3.05, 3.63) is 58.8 Å². The Labute approximate surface area is 194 Å². The van der Waals surface area contributed by atoms with E-state index in [2.05, 4.69) is 9.72 Å². The number of halogens is 3. The Morgan fingerprint density at radius 3 is 2.62 bits per heavy atom. The van der Waals surface area contributed by atoms with Crippen LogP contribution in [0.5, 0.6) is 11.5 Å². The number of carbonyl (C=O) groups is 1. The number of carboxylic acids is 1. The van der Waals surface area contributed by atoms with Crippen molar-refractivity contribution >= 4 is 16.9 Å². The number of aromatic nitrogens is 1. The van der Waals surface area contributed by atoms with Crippen molar-refractivity contribution in [2.24, 2.45) is 0 Å². The van der Waals surface area contributed by atoms with E-state index in [4.69, 9.17) is 9.84 Å². The summed E-state index contributed by atoms with van der Waals surface area (Å²) in [5, 5.41) is 10.2. The van der Waals surface area contributed by atoms with Crippen LogP contribution in [0.2, 0.25) is 0 Å². The third-order valence-electron chi connectivity index (χ3n) is 6.99. The molecule has 1 atom stereocenters. The number of hydrogen-bond donors (Lipinski definition) is 2. The third-order valence-corrected chi connectivity index (χ3v) is 6.99. The second kappa shape index (κ2) is 8.89. The van der Waals surface area contributed by atoms with Crippen molar-refractivity contribution < 1.29 is 32.5 Å². The molecule has 0 spiro atoms. The van der Waals surface area contributed by atoms with Crippen LogP contribution in [0.1, 0.15) is 72.7 Å². The van der Waals surface area contributed by atoms with Crippen LogP contribution in [0.25, 0.3) is 10.9 Å². The summed E-state index contributed by atoms with van der Waals surface area (Å²) in [4.78, 5) is 14.5. The molecule has 34 heavy (non-hydrogen) atoms. The van der Waals surface area contributed by atoms with Gasteiger partial charge in [-0.1, -0.05) is 25.0 Å². The maximum Gasteiger partial charge on any atom is 0.573 e. The van der Waals surface area contributed by atoms with Crippen molar-refractivity contribution in [2.45, 2.75) is 69.8 Å². The fraction of sp³-hybridized carbons (Fsp3) is 0.423. The summed E-state index contributed by atoms with van der Waals surface area (Å²) in [7, 11) is 0. The van der Waals surface area contributed by atoms with E-state index in [-0.39, 0.29) is 30.6 Å². The predicted octanol–water partition coefficient (Wildman–Crippen LogP) is 6.81. The first-order valence-corrected chi connectivity index (χ1v) is 11.6. The summed E-state index contributed by atoms with van der Waals surface area (Å²) in [6.07, 6.45) is 0.734. The minimum absolute atomic E-state index is 0.0188. The highest BCUT2D eigenvalue weighted by Gasteiger charge is 2.34. The number of fused-ring (bicyclic) bond motifs is 3. The van der Waals surface area contributed by atoms with Gasteiger partial charge in [0.05, 0.1) is 6.42 Å². The molecular weight excluding hydrogens is 447 g/mol. The summed E-state index contributed by atoms with van der Waals surface area (Å²) >= 11 is 0. The number of aliphatic carboxylic acids is 1. The molecule has 1 aromatic heterocycles. The Morgan fingerprint density at radius 1 is 1.09 bits per heavy atom. The van der Waals surface area contributed by atoms with Gasteiger partial charge in [-0.3, -0.25) is 4.79 Å². The Kier molecular flexibility index (Phi) is 5.91. The van der Waals surface area contributed by atoms with Crippen LogP contribution in [-0.2, 0) is 17.8 Å². The average Bonchev–Trinajstić information content (AvgIpc) is 3.49. The molecular formula is C26H26F3NO4. The number of ether oxygens (including phenoxy) is 2. The monoisotopic (exact) mass is 473 g/mol. The lowest BCUT2D eigenvalue weighted by Gasteiger charge is -2.18. The highest BCUT2D eigenvalue weighted by atomic mass is 19.4. The van der Waals surface area contributed by atoms with Crippen LogP contribution in [0.4, 0.5) is 13.2 Å². The van der Waals surface area contributed by atoms with Gasteiger partial charge in [0.25, 0.3) is 0 Å². The van der Waals surface area contributed by atoms with E-state index in [1.54, 1.807) is 18.2 Å². The molecule has 8 heteroatoms. The van der Waals surface area contributed by atoms with Gasteiger partial charge < -0.3 is 19.6 Å². The van der Waals surface area contributed by atoms with Crippen LogP contribution in [0.15, 0.2) is 36.4 Å². The lowest BCUT2D eigenvalue weighted by molar-refractivity contribution is -0.275. The Morgan fingerprint density at radius 2 is 1.88 bits per heavy atom. The normalized spacial score (nSPS) is 18.4. The number of aromatic amines is 1. The second-order valence-corrected chi connectivity index (χ2v) is 9.25. The van der Waals surface area contributed by atoms with E-state index in [0.29, 0.717) is 16.9 Å². The minimum atomic E-state index is -4.75. The van der Waals surface area contributed by atoms with Crippen LogP contribution < -0.4 is 9.47 Å². The van der Waals surface area contributed by atoms with Crippen LogP contribution in [0.3, 0.4) is 0 Å². The molecule has 2 N–H and O–H groups in total. The van der Waals surface area contributed by atoms with Gasteiger partial charge in [0, 0.05) is 22.5 Å². The summed E-state index contributed by atoms with van der Waals surface area (Å²) in [6.45, 7) is 0.110. The van der Waals surface area contributed by atoms with Gasteiger partial charge in [-0.15, -0.1) is 13.2 Å².